The van der Waals surface area contributed by atoms with Crippen molar-refractivity contribution in [2.24, 2.45) is 0 Å². The second-order valence-corrected chi connectivity index (χ2v) is 5.06. The van der Waals surface area contributed by atoms with Crippen LogP contribution in [0.3, 0.4) is 0 Å². The van der Waals surface area contributed by atoms with Crippen LogP contribution in [0, 0.1) is 6.92 Å². The summed E-state index contributed by atoms with van der Waals surface area (Å²) < 4.78 is 5.29. The van der Waals surface area contributed by atoms with E-state index in [9.17, 15) is 4.79 Å². The number of allylic oxidation sites excluding steroid dienone is 1. The van der Waals surface area contributed by atoms with Crippen molar-refractivity contribution in [1.82, 2.24) is 5.32 Å². The van der Waals surface area contributed by atoms with Gasteiger partial charge in [-0.25, -0.2) is 4.79 Å². The summed E-state index contributed by atoms with van der Waals surface area (Å²) in [5.41, 5.74) is 2.22. The van der Waals surface area contributed by atoms with E-state index < -0.39 is 5.97 Å². The Hall–Kier alpha value is -1.55. The number of carboxylic acid groups (broad SMARTS) is 1. The van der Waals surface area contributed by atoms with E-state index in [0.29, 0.717) is 17.9 Å². The van der Waals surface area contributed by atoms with Crippen LogP contribution in [0.4, 0.5) is 0 Å². The zero-order valence-electron chi connectivity index (χ0n) is 11.4. The fraction of sp³-hybridized carbons (Fsp3) is 0.533. The second kappa shape index (κ2) is 6.57. The first-order valence-electron chi connectivity index (χ1n) is 6.88. The van der Waals surface area contributed by atoms with Crippen LogP contribution in [0.25, 0.3) is 0 Å². The summed E-state index contributed by atoms with van der Waals surface area (Å²) in [5, 5.41) is 12.2. The van der Waals surface area contributed by atoms with Gasteiger partial charge in [-0.2, -0.15) is 0 Å². The van der Waals surface area contributed by atoms with Gasteiger partial charge in [0.15, 0.2) is 0 Å². The molecule has 0 atom stereocenters. The van der Waals surface area contributed by atoms with E-state index in [0.717, 1.165) is 13.0 Å². The van der Waals surface area contributed by atoms with Gasteiger partial charge in [-0.05, 0) is 51.6 Å². The molecule has 0 amide bonds. The van der Waals surface area contributed by atoms with Crippen molar-refractivity contribution < 1.29 is 14.3 Å². The van der Waals surface area contributed by atoms with Gasteiger partial charge in [0.05, 0.1) is 6.54 Å². The Morgan fingerprint density at radius 1 is 1.47 bits per heavy atom. The van der Waals surface area contributed by atoms with Gasteiger partial charge in [-0.15, -0.1) is 0 Å². The van der Waals surface area contributed by atoms with Crippen LogP contribution in [-0.2, 0) is 6.54 Å². The van der Waals surface area contributed by atoms with Crippen molar-refractivity contribution in [3.8, 4) is 0 Å². The number of nitrogens with one attached hydrogen (secondary N) is 1. The molecule has 0 unspecified atom stereocenters. The highest BCUT2D eigenvalue weighted by Crippen LogP contribution is 2.19. The Morgan fingerprint density at radius 2 is 2.32 bits per heavy atom. The lowest BCUT2D eigenvalue weighted by Gasteiger charge is -2.12. The minimum atomic E-state index is -1.00. The number of rotatable bonds is 6. The lowest BCUT2D eigenvalue weighted by atomic mass is 9.97. The van der Waals surface area contributed by atoms with Gasteiger partial charge < -0.3 is 14.8 Å². The van der Waals surface area contributed by atoms with Gasteiger partial charge in [-0.1, -0.05) is 11.6 Å². The standard InChI is InChI=1S/C15H21NO3/c1-11-9-13(19-14(11)15(17)18)10-16-8-7-12-5-3-2-4-6-12/h5,9,16H,2-4,6-8,10H2,1H3,(H,17,18). The third-order valence-corrected chi connectivity index (χ3v) is 3.47. The van der Waals surface area contributed by atoms with E-state index in [1.807, 2.05) is 0 Å². The van der Waals surface area contributed by atoms with Crippen molar-refractivity contribution in [3.05, 3.63) is 34.8 Å². The third-order valence-electron chi connectivity index (χ3n) is 3.47. The average molecular weight is 263 g/mol. The molecular formula is C15H21NO3. The molecule has 1 aliphatic rings. The summed E-state index contributed by atoms with van der Waals surface area (Å²) in [7, 11) is 0. The SMILES string of the molecule is Cc1cc(CNCCC2=CCCCC2)oc1C(=O)O. The van der Waals surface area contributed by atoms with Gasteiger partial charge in [-0.3, -0.25) is 0 Å². The van der Waals surface area contributed by atoms with Crippen molar-refractivity contribution in [2.45, 2.75) is 45.6 Å². The van der Waals surface area contributed by atoms with E-state index in [1.54, 1.807) is 18.6 Å². The molecule has 104 valence electrons. The highest BCUT2D eigenvalue weighted by atomic mass is 16.4. The maximum absolute atomic E-state index is 10.8. The molecule has 0 aromatic carbocycles. The second-order valence-electron chi connectivity index (χ2n) is 5.06. The average Bonchev–Trinajstić information content (AvgIpc) is 2.77. The lowest BCUT2D eigenvalue weighted by molar-refractivity contribution is 0.0659. The predicted octanol–water partition coefficient (Wildman–Crippen LogP) is 3.27. The Bertz CT molecular complexity index is 474. The van der Waals surface area contributed by atoms with Crippen molar-refractivity contribution in [3.63, 3.8) is 0 Å². The summed E-state index contributed by atoms with van der Waals surface area (Å²) in [5.74, 6) is -0.268. The fourth-order valence-corrected chi connectivity index (χ4v) is 2.44. The highest BCUT2D eigenvalue weighted by Gasteiger charge is 2.13. The molecule has 0 saturated carbocycles. The van der Waals surface area contributed by atoms with Crippen LogP contribution >= 0.6 is 0 Å². The first kappa shape index (κ1) is 13.9. The van der Waals surface area contributed by atoms with Crippen LogP contribution in [-0.4, -0.2) is 17.6 Å². The van der Waals surface area contributed by atoms with Crippen molar-refractivity contribution >= 4 is 5.97 Å². The summed E-state index contributed by atoms with van der Waals surface area (Å²) in [6, 6.07) is 1.79. The van der Waals surface area contributed by atoms with Gasteiger partial charge >= 0.3 is 5.97 Å². The van der Waals surface area contributed by atoms with E-state index in [-0.39, 0.29) is 5.76 Å². The lowest BCUT2D eigenvalue weighted by Crippen LogP contribution is -2.15. The molecule has 0 saturated heterocycles. The molecular weight excluding hydrogens is 242 g/mol. The number of hydrogen-bond donors (Lipinski definition) is 2. The maximum Gasteiger partial charge on any atom is 0.372 e. The van der Waals surface area contributed by atoms with Crippen LogP contribution in [0.5, 0.6) is 0 Å². The fourth-order valence-electron chi connectivity index (χ4n) is 2.44. The van der Waals surface area contributed by atoms with Gasteiger partial charge in [0.2, 0.25) is 5.76 Å². The van der Waals surface area contributed by atoms with Gasteiger partial charge in [0.1, 0.15) is 5.76 Å². The Morgan fingerprint density at radius 3 is 2.95 bits per heavy atom. The first-order chi connectivity index (χ1) is 9.16. The first-order valence-corrected chi connectivity index (χ1v) is 6.88. The molecule has 0 fully saturated rings. The molecule has 0 radical (unpaired) electrons. The van der Waals surface area contributed by atoms with E-state index in [1.165, 1.54) is 25.7 Å². The third kappa shape index (κ3) is 3.96. The summed E-state index contributed by atoms with van der Waals surface area (Å²) in [6.45, 7) is 3.25. The molecule has 1 heterocycles. The number of aryl methyl sites for hydroxylation is 1. The minimum Gasteiger partial charge on any atom is -0.475 e. The molecule has 0 bridgehead atoms. The molecule has 1 aliphatic carbocycles. The van der Waals surface area contributed by atoms with Crippen molar-refractivity contribution in [2.75, 3.05) is 6.54 Å². The van der Waals surface area contributed by atoms with Gasteiger partial charge in [0, 0.05) is 5.56 Å². The zero-order valence-corrected chi connectivity index (χ0v) is 11.4. The maximum atomic E-state index is 10.8. The number of carboxylic acids is 1. The largest absolute Gasteiger partial charge is 0.475 e. The van der Waals surface area contributed by atoms with Crippen LogP contribution in [0.15, 0.2) is 22.1 Å². The van der Waals surface area contributed by atoms with Crippen LogP contribution in [0.1, 0.15) is 54.0 Å². The number of carbonyl (C=O) groups is 1. The quantitative estimate of drug-likeness (QED) is 0.611. The number of aromatic carboxylic acids is 1. The summed E-state index contributed by atoms with van der Waals surface area (Å²) in [6.07, 6.45) is 8.50. The molecule has 1 aromatic rings. The van der Waals surface area contributed by atoms with E-state index >= 15 is 0 Å². The molecule has 2 rings (SSSR count). The number of hydrogen-bond acceptors (Lipinski definition) is 3. The molecule has 2 N–H and O–H groups in total. The normalized spacial score (nSPS) is 15.3. The van der Waals surface area contributed by atoms with Crippen LogP contribution in [0.2, 0.25) is 0 Å². The van der Waals surface area contributed by atoms with Crippen molar-refractivity contribution in [1.29, 1.82) is 0 Å². The van der Waals surface area contributed by atoms with E-state index in [2.05, 4.69) is 11.4 Å². The number of furan rings is 1. The smallest absolute Gasteiger partial charge is 0.372 e. The molecule has 0 aliphatic heterocycles. The summed E-state index contributed by atoms with van der Waals surface area (Å²) >= 11 is 0. The monoisotopic (exact) mass is 263 g/mol. The molecule has 0 spiro atoms. The minimum absolute atomic E-state index is 0.0480. The topological polar surface area (TPSA) is 62.5 Å². The molecule has 19 heavy (non-hydrogen) atoms. The zero-order chi connectivity index (χ0) is 13.7. The predicted molar refractivity (Wildman–Crippen MR) is 73.3 cm³/mol. The molecule has 1 aromatic heterocycles. The Labute approximate surface area is 113 Å². The molecule has 4 heteroatoms. The Kier molecular flexibility index (Phi) is 4.80. The van der Waals surface area contributed by atoms with E-state index in [4.69, 9.17) is 9.52 Å². The summed E-state index contributed by atoms with van der Waals surface area (Å²) in [4.78, 5) is 10.8. The van der Waals surface area contributed by atoms with Gasteiger partial charge in [0.25, 0.3) is 0 Å². The Balaban J connectivity index is 1.75. The van der Waals surface area contributed by atoms with Crippen LogP contribution < -0.4 is 5.32 Å². The molecule has 4 nitrogen and oxygen atoms in total. The highest BCUT2D eigenvalue weighted by molar-refractivity contribution is 5.86.